The lowest BCUT2D eigenvalue weighted by molar-refractivity contribution is 0.0945. The Labute approximate surface area is 181 Å². The zero-order valence-corrected chi connectivity index (χ0v) is 19.5. The first kappa shape index (κ1) is 23.5. The second kappa shape index (κ2) is 9.84. The van der Waals surface area contributed by atoms with Gasteiger partial charge >= 0.3 is 0 Å². The minimum atomic E-state index is -3.71. The van der Waals surface area contributed by atoms with Crippen LogP contribution in [0.5, 0.6) is 0 Å². The monoisotopic (exact) mass is 482 g/mol. The van der Waals surface area contributed by atoms with Gasteiger partial charge in [0, 0.05) is 35.7 Å². The Bertz CT molecular complexity index is 974. The maximum absolute atomic E-state index is 12.8. The molecule has 2 aromatic rings. The molecule has 0 aliphatic carbocycles. The summed E-state index contributed by atoms with van der Waals surface area (Å²) in [6.45, 7) is 6.71. The highest BCUT2D eigenvalue weighted by Gasteiger charge is 2.23. The van der Waals surface area contributed by atoms with E-state index in [0.717, 1.165) is 10.0 Å². The number of hydrogen-bond acceptors (Lipinski definition) is 4. The lowest BCUT2D eigenvalue weighted by atomic mass is 9.84. The van der Waals surface area contributed by atoms with Crippen LogP contribution >= 0.6 is 15.9 Å². The maximum Gasteiger partial charge on any atom is 0.251 e. The average molecular weight is 483 g/mol. The molecule has 2 rings (SSSR count). The molecule has 0 saturated carbocycles. The molecule has 1 amide bonds. The summed E-state index contributed by atoms with van der Waals surface area (Å²) in [6, 6.07) is 12.5. The number of carbonyl (C=O) groups is 1. The number of sulfonamides is 1. The van der Waals surface area contributed by atoms with Crippen LogP contribution in [0, 0.1) is 6.92 Å². The number of methoxy groups -OCH3 is 1. The van der Waals surface area contributed by atoms with Crippen molar-refractivity contribution >= 4 is 31.9 Å². The second-order valence-electron chi connectivity index (χ2n) is 7.44. The van der Waals surface area contributed by atoms with Crippen LogP contribution in [0.1, 0.15) is 35.3 Å². The molecule has 0 spiro atoms. The predicted octanol–water partition coefficient (Wildman–Crippen LogP) is 3.39. The summed E-state index contributed by atoms with van der Waals surface area (Å²) < 4.78 is 33.1. The van der Waals surface area contributed by atoms with Crippen LogP contribution in [0.2, 0.25) is 0 Å². The van der Waals surface area contributed by atoms with Crippen molar-refractivity contribution in [2.24, 2.45) is 0 Å². The van der Waals surface area contributed by atoms with Gasteiger partial charge < -0.3 is 10.1 Å². The van der Waals surface area contributed by atoms with Crippen LogP contribution in [-0.2, 0) is 20.2 Å². The smallest absolute Gasteiger partial charge is 0.251 e. The molecule has 29 heavy (non-hydrogen) atoms. The van der Waals surface area contributed by atoms with Crippen LogP contribution in [0.15, 0.2) is 51.8 Å². The summed E-state index contributed by atoms with van der Waals surface area (Å²) in [7, 11) is -2.21. The minimum Gasteiger partial charge on any atom is -0.383 e. The largest absolute Gasteiger partial charge is 0.383 e. The molecule has 2 N–H and O–H groups in total. The Kier molecular flexibility index (Phi) is 7.99. The van der Waals surface area contributed by atoms with E-state index in [1.807, 2.05) is 38.1 Å². The summed E-state index contributed by atoms with van der Waals surface area (Å²) >= 11 is 3.47. The minimum absolute atomic E-state index is 0.0515. The topological polar surface area (TPSA) is 84.5 Å². The van der Waals surface area contributed by atoms with Crippen LogP contribution in [0.25, 0.3) is 0 Å². The summed E-state index contributed by atoms with van der Waals surface area (Å²) in [5.74, 6) is -0.306. The van der Waals surface area contributed by atoms with Gasteiger partial charge in [0.15, 0.2) is 0 Å². The van der Waals surface area contributed by atoms with Gasteiger partial charge in [0.05, 0.1) is 11.5 Å². The fraction of sp³-hybridized carbons (Fsp3) is 0.381. The average Bonchev–Trinajstić information content (AvgIpc) is 2.66. The Morgan fingerprint density at radius 3 is 2.55 bits per heavy atom. The number of rotatable bonds is 9. The number of benzene rings is 2. The van der Waals surface area contributed by atoms with Gasteiger partial charge in [-0.2, -0.15) is 0 Å². The van der Waals surface area contributed by atoms with E-state index in [1.54, 1.807) is 13.0 Å². The molecule has 0 aromatic heterocycles. The van der Waals surface area contributed by atoms with Gasteiger partial charge in [0.1, 0.15) is 0 Å². The van der Waals surface area contributed by atoms with E-state index in [0.29, 0.717) is 17.7 Å². The summed E-state index contributed by atoms with van der Waals surface area (Å²) in [5.41, 5.74) is 1.84. The van der Waals surface area contributed by atoms with Crippen LogP contribution in [-0.4, -0.2) is 41.1 Å². The van der Waals surface area contributed by atoms with Crippen molar-refractivity contribution in [2.75, 3.05) is 26.8 Å². The molecule has 0 unspecified atom stereocenters. The van der Waals surface area contributed by atoms with Crippen LogP contribution in [0.4, 0.5) is 0 Å². The zero-order valence-electron chi connectivity index (χ0n) is 17.1. The van der Waals surface area contributed by atoms with E-state index in [1.165, 1.54) is 19.2 Å². The molecule has 0 fully saturated rings. The van der Waals surface area contributed by atoms with Crippen molar-refractivity contribution < 1.29 is 17.9 Å². The highest BCUT2D eigenvalue weighted by atomic mass is 79.9. The van der Waals surface area contributed by atoms with Crippen molar-refractivity contribution in [1.82, 2.24) is 10.0 Å². The first-order valence-corrected chi connectivity index (χ1v) is 11.5. The van der Waals surface area contributed by atoms with Gasteiger partial charge in [-0.1, -0.05) is 48.0 Å². The molecule has 0 radical (unpaired) electrons. The van der Waals surface area contributed by atoms with Crippen molar-refractivity contribution in [2.45, 2.75) is 31.1 Å². The van der Waals surface area contributed by atoms with Crippen LogP contribution in [0.3, 0.4) is 0 Å². The summed E-state index contributed by atoms with van der Waals surface area (Å²) in [4.78, 5) is 12.8. The standard InChI is InChI=1S/C21H27BrN2O4S/c1-15-8-9-18(29(26,27)24-10-11-28-4)13-19(15)20(25)23-14-21(2,3)16-6-5-7-17(22)12-16/h5-9,12-13,24H,10-11,14H2,1-4H3,(H,23,25). The third-order valence-corrected chi connectivity index (χ3v) is 6.61. The van der Waals surface area contributed by atoms with Gasteiger partial charge in [0.25, 0.3) is 5.91 Å². The molecule has 0 bridgehead atoms. The van der Waals surface area contributed by atoms with E-state index in [2.05, 4.69) is 26.0 Å². The van der Waals surface area contributed by atoms with E-state index < -0.39 is 10.0 Å². The predicted molar refractivity (Wildman–Crippen MR) is 118 cm³/mol. The fourth-order valence-electron chi connectivity index (χ4n) is 2.78. The number of amides is 1. The summed E-state index contributed by atoms with van der Waals surface area (Å²) in [5, 5.41) is 2.94. The number of halogens is 1. The van der Waals surface area contributed by atoms with Crippen molar-refractivity contribution in [3.63, 3.8) is 0 Å². The summed E-state index contributed by atoms with van der Waals surface area (Å²) in [6.07, 6.45) is 0. The number of ether oxygens (including phenoxy) is 1. The zero-order chi connectivity index (χ0) is 21.7. The Morgan fingerprint density at radius 2 is 1.90 bits per heavy atom. The molecule has 0 atom stereocenters. The second-order valence-corrected chi connectivity index (χ2v) is 10.1. The first-order valence-electron chi connectivity index (χ1n) is 9.20. The van der Waals surface area contributed by atoms with Crippen molar-refractivity contribution in [3.05, 3.63) is 63.6 Å². The lowest BCUT2D eigenvalue weighted by Crippen LogP contribution is -2.37. The molecule has 0 heterocycles. The molecule has 158 valence electrons. The van der Waals surface area contributed by atoms with E-state index in [4.69, 9.17) is 4.74 Å². The molecule has 0 aliphatic rings. The molecule has 6 nitrogen and oxygen atoms in total. The highest BCUT2D eigenvalue weighted by Crippen LogP contribution is 2.25. The molecular formula is C21H27BrN2O4S. The van der Waals surface area contributed by atoms with E-state index in [-0.39, 0.29) is 29.4 Å². The van der Waals surface area contributed by atoms with Gasteiger partial charge in [-0.05, 0) is 42.3 Å². The number of aryl methyl sites for hydroxylation is 1. The fourth-order valence-corrected chi connectivity index (χ4v) is 4.22. The maximum atomic E-state index is 12.8. The molecule has 8 heteroatoms. The molecule has 0 aliphatic heterocycles. The van der Waals surface area contributed by atoms with E-state index in [9.17, 15) is 13.2 Å². The molecular weight excluding hydrogens is 456 g/mol. The SMILES string of the molecule is COCCNS(=O)(=O)c1ccc(C)c(C(=O)NCC(C)(C)c2cccc(Br)c2)c1. The normalized spacial score (nSPS) is 12.0. The highest BCUT2D eigenvalue weighted by molar-refractivity contribution is 9.10. The molecule has 2 aromatic carbocycles. The number of carbonyl (C=O) groups excluding carboxylic acids is 1. The van der Waals surface area contributed by atoms with Gasteiger partial charge in [-0.15, -0.1) is 0 Å². The van der Waals surface area contributed by atoms with Crippen LogP contribution < -0.4 is 10.0 Å². The van der Waals surface area contributed by atoms with Gasteiger partial charge in [0.2, 0.25) is 10.0 Å². The van der Waals surface area contributed by atoms with E-state index >= 15 is 0 Å². The molecule has 0 saturated heterocycles. The Balaban J connectivity index is 2.16. The first-order chi connectivity index (χ1) is 13.6. The van der Waals surface area contributed by atoms with Crippen molar-refractivity contribution in [3.8, 4) is 0 Å². The van der Waals surface area contributed by atoms with Crippen molar-refractivity contribution in [1.29, 1.82) is 0 Å². The lowest BCUT2D eigenvalue weighted by Gasteiger charge is -2.26. The van der Waals surface area contributed by atoms with Gasteiger partial charge in [-0.3, -0.25) is 4.79 Å². The quantitative estimate of drug-likeness (QED) is 0.536. The Hall–Kier alpha value is -1.74. The number of hydrogen-bond donors (Lipinski definition) is 2. The van der Waals surface area contributed by atoms with Gasteiger partial charge in [-0.25, -0.2) is 13.1 Å². The third-order valence-electron chi connectivity index (χ3n) is 4.66. The Morgan fingerprint density at radius 1 is 1.17 bits per heavy atom. The number of nitrogens with one attached hydrogen (secondary N) is 2. The third kappa shape index (κ3) is 6.37.